The first-order valence-corrected chi connectivity index (χ1v) is 6.37. The van der Waals surface area contributed by atoms with Crippen LogP contribution in [0.15, 0.2) is 0 Å². The zero-order chi connectivity index (χ0) is 12.0. The Kier molecular flexibility index (Phi) is 2.58. The van der Waals surface area contributed by atoms with Crippen molar-refractivity contribution in [1.29, 1.82) is 0 Å². The molecule has 0 aromatic heterocycles. The molecule has 3 fully saturated rings. The number of cyclic esters (lactones) is 1. The van der Waals surface area contributed by atoms with Crippen LogP contribution in [0, 0.1) is 5.92 Å². The average Bonchev–Trinajstić information content (AvgIpc) is 2.83. The minimum atomic E-state index is -1.05. The SMILES string of the molecule is O=C1OC[C@@H]2[C@@H](O)C(=O)N(C3CCCCC3)[C@@H]12. The highest BCUT2D eigenvalue weighted by molar-refractivity contribution is 5.93. The lowest BCUT2D eigenvalue weighted by molar-refractivity contribution is -0.150. The van der Waals surface area contributed by atoms with Crippen LogP contribution in [0.1, 0.15) is 32.1 Å². The maximum absolute atomic E-state index is 12.0. The van der Waals surface area contributed by atoms with Crippen LogP contribution >= 0.6 is 0 Å². The molecule has 0 aromatic carbocycles. The van der Waals surface area contributed by atoms with E-state index in [2.05, 4.69) is 0 Å². The van der Waals surface area contributed by atoms with E-state index in [1.807, 2.05) is 0 Å². The Morgan fingerprint density at radius 1 is 1.18 bits per heavy atom. The van der Waals surface area contributed by atoms with Gasteiger partial charge in [-0.15, -0.1) is 0 Å². The summed E-state index contributed by atoms with van der Waals surface area (Å²) < 4.78 is 4.97. The van der Waals surface area contributed by atoms with Crippen LogP contribution in [0.25, 0.3) is 0 Å². The summed E-state index contributed by atoms with van der Waals surface area (Å²) in [5.41, 5.74) is 0. The lowest BCUT2D eigenvalue weighted by Crippen LogP contribution is -2.46. The summed E-state index contributed by atoms with van der Waals surface area (Å²) in [4.78, 5) is 25.3. The third-order valence-electron chi connectivity index (χ3n) is 4.25. The van der Waals surface area contributed by atoms with Crippen molar-refractivity contribution in [3.63, 3.8) is 0 Å². The zero-order valence-electron chi connectivity index (χ0n) is 9.67. The van der Waals surface area contributed by atoms with E-state index in [0.29, 0.717) is 0 Å². The quantitative estimate of drug-likeness (QED) is 0.657. The number of hydrogen-bond acceptors (Lipinski definition) is 4. The van der Waals surface area contributed by atoms with Crippen LogP contribution < -0.4 is 0 Å². The van der Waals surface area contributed by atoms with Crippen LogP contribution in [0.3, 0.4) is 0 Å². The van der Waals surface area contributed by atoms with Gasteiger partial charge in [-0.05, 0) is 12.8 Å². The second-order valence-corrected chi connectivity index (χ2v) is 5.22. The molecule has 5 nitrogen and oxygen atoms in total. The zero-order valence-corrected chi connectivity index (χ0v) is 9.67. The highest BCUT2D eigenvalue weighted by Crippen LogP contribution is 2.37. The Morgan fingerprint density at radius 3 is 2.59 bits per heavy atom. The molecule has 2 aliphatic heterocycles. The van der Waals surface area contributed by atoms with Crippen molar-refractivity contribution in [3.05, 3.63) is 0 Å². The number of nitrogens with zero attached hydrogens (tertiary/aromatic N) is 1. The number of esters is 1. The molecule has 1 saturated carbocycles. The van der Waals surface area contributed by atoms with Crippen molar-refractivity contribution in [2.45, 2.75) is 50.3 Å². The van der Waals surface area contributed by atoms with E-state index in [0.717, 1.165) is 25.7 Å². The molecule has 3 atom stereocenters. The third-order valence-corrected chi connectivity index (χ3v) is 4.25. The van der Waals surface area contributed by atoms with Crippen LogP contribution in [0.5, 0.6) is 0 Å². The van der Waals surface area contributed by atoms with E-state index >= 15 is 0 Å². The van der Waals surface area contributed by atoms with Gasteiger partial charge in [0, 0.05) is 6.04 Å². The number of amides is 1. The normalized spacial score (nSPS) is 38.4. The molecule has 5 heteroatoms. The van der Waals surface area contributed by atoms with Crippen molar-refractivity contribution < 1.29 is 19.4 Å². The Labute approximate surface area is 99.7 Å². The van der Waals surface area contributed by atoms with E-state index in [1.165, 1.54) is 6.42 Å². The number of fused-ring (bicyclic) bond motifs is 1. The highest BCUT2D eigenvalue weighted by atomic mass is 16.5. The molecule has 17 heavy (non-hydrogen) atoms. The number of likely N-dealkylation sites (tertiary alicyclic amines) is 1. The average molecular weight is 239 g/mol. The predicted molar refractivity (Wildman–Crippen MR) is 58.0 cm³/mol. The number of rotatable bonds is 1. The van der Waals surface area contributed by atoms with E-state index in [-0.39, 0.29) is 30.4 Å². The molecular formula is C12H17NO4. The molecule has 2 heterocycles. The minimum absolute atomic E-state index is 0.117. The fourth-order valence-corrected chi connectivity index (χ4v) is 3.35. The van der Waals surface area contributed by atoms with E-state index in [1.54, 1.807) is 4.90 Å². The van der Waals surface area contributed by atoms with Crippen molar-refractivity contribution in [1.82, 2.24) is 4.90 Å². The lowest BCUT2D eigenvalue weighted by Gasteiger charge is -2.33. The van der Waals surface area contributed by atoms with Crippen LogP contribution in [0.4, 0.5) is 0 Å². The van der Waals surface area contributed by atoms with E-state index in [9.17, 15) is 14.7 Å². The number of carbonyl (C=O) groups excluding carboxylic acids is 2. The van der Waals surface area contributed by atoms with Crippen molar-refractivity contribution in [2.24, 2.45) is 5.92 Å². The minimum Gasteiger partial charge on any atom is -0.464 e. The molecule has 0 unspecified atom stereocenters. The molecule has 3 aliphatic rings. The van der Waals surface area contributed by atoms with Gasteiger partial charge in [-0.25, -0.2) is 4.79 Å². The topological polar surface area (TPSA) is 66.8 Å². The molecule has 1 aliphatic carbocycles. The summed E-state index contributed by atoms with van der Waals surface area (Å²) >= 11 is 0. The largest absolute Gasteiger partial charge is 0.464 e. The van der Waals surface area contributed by atoms with Gasteiger partial charge >= 0.3 is 5.97 Å². The summed E-state index contributed by atoms with van der Waals surface area (Å²) in [6, 6.07) is -0.410. The van der Waals surface area contributed by atoms with Gasteiger partial charge in [0.2, 0.25) is 0 Å². The second kappa shape index (κ2) is 3.98. The second-order valence-electron chi connectivity index (χ2n) is 5.22. The summed E-state index contributed by atoms with van der Waals surface area (Å²) in [6.45, 7) is 0.180. The summed E-state index contributed by atoms with van der Waals surface area (Å²) in [6.07, 6.45) is 4.21. The highest BCUT2D eigenvalue weighted by Gasteiger charge is 2.57. The molecule has 1 N–H and O–H groups in total. The third kappa shape index (κ3) is 1.56. The molecular weight excluding hydrogens is 222 g/mol. The molecule has 2 saturated heterocycles. The fraction of sp³-hybridized carbons (Fsp3) is 0.833. The Morgan fingerprint density at radius 2 is 1.88 bits per heavy atom. The van der Waals surface area contributed by atoms with E-state index in [4.69, 9.17) is 4.74 Å². The van der Waals surface area contributed by atoms with Gasteiger partial charge in [-0.1, -0.05) is 19.3 Å². The maximum Gasteiger partial charge on any atom is 0.329 e. The maximum atomic E-state index is 12.0. The molecule has 0 radical (unpaired) electrons. The Balaban J connectivity index is 1.86. The number of ether oxygens (including phenoxy) is 1. The first kappa shape index (κ1) is 11.0. The van der Waals surface area contributed by atoms with Crippen LogP contribution in [-0.4, -0.2) is 46.7 Å². The standard InChI is InChI=1S/C12H17NO4/c14-10-8-6-17-12(16)9(8)13(11(10)15)7-4-2-1-3-5-7/h7-10,14H,1-6H2/t8-,9+,10+/m0/s1. The van der Waals surface area contributed by atoms with Gasteiger partial charge in [0.1, 0.15) is 12.1 Å². The Hall–Kier alpha value is -1.10. The molecule has 3 rings (SSSR count). The smallest absolute Gasteiger partial charge is 0.329 e. The van der Waals surface area contributed by atoms with Gasteiger partial charge in [0.15, 0.2) is 0 Å². The fourth-order valence-electron chi connectivity index (χ4n) is 3.35. The number of aliphatic hydroxyl groups excluding tert-OH is 1. The number of aliphatic hydroxyl groups is 1. The lowest BCUT2D eigenvalue weighted by atomic mass is 9.93. The molecule has 1 amide bonds. The summed E-state index contributed by atoms with van der Waals surface area (Å²) in [5.74, 6) is -0.967. The monoisotopic (exact) mass is 239 g/mol. The van der Waals surface area contributed by atoms with Crippen molar-refractivity contribution >= 4 is 11.9 Å². The molecule has 0 aromatic rings. The molecule has 94 valence electrons. The number of hydrogen-bond donors (Lipinski definition) is 1. The van der Waals surface area contributed by atoms with Gasteiger partial charge in [0.05, 0.1) is 12.5 Å². The first-order chi connectivity index (χ1) is 8.20. The van der Waals surface area contributed by atoms with Gasteiger partial charge < -0.3 is 14.7 Å². The van der Waals surface area contributed by atoms with Gasteiger partial charge in [-0.2, -0.15) is 0 Å². The van der Waals surface area contributed by atoms with Crippen molar-refractivity contribution in [2.75, 3.05) is 6.61 Å². The summed E-state index contributed by atoms with van der Waals surface area (Å²) in [7, 11) is 0. The number of carbonyl (C=O) groups is 2. The van der Waals surface area contributed by atoms with Gasteiger partial charge in [0.25, 0.3) is 5.91 Å². The van der Waals surface area contributed by atoms with Gasteiger partial charge in [-0.3, -0.25) is 4.79 Å². The first-order valence-electron chi connectivity index (χ1n) is 6.37. The summed E-state index contributed by atoms with van der Waals surface area (Å²) in [5, 5.41) is 9.86. The van der Waals surface area contributed by atoms with Crippen LogP contribution in [0.2, 0.25) is 0 Å². The van der Waals surface area contributed by atoms with Crippen molar-refractivity contribution in [3.8, 4) is 0 Å². The molecule has 0 spiro atoms. The Bertz CT molecular complexity index is 350. The molecule has 0 bridgehead atoms. The van der Waals surface area contributed by atoms with Crippen LogP contribution in [-0.2, 0) is 14.3 Å². The predicted octanol–water partition coefficient (Wildman–Crippen LogP) is 0.0638. The van der Waals surface area contributed by atoms with E-state index < -0.39 is 12.1 Å².